The molecular weight excluding hydrogens is 224 g/mol. The van der Waals surface area contributed by atoms with Gasteiger partial charge in [0.1, 0.15) is 0 Å². The molecule has 1 saturated carbocycles. The van der Waals surface area contributed by atoms with E-state index in [-0.39, 0.29) is 5.54 Å². The van der Waals surface area contributed by atoms with Crippen molar-refractivity contribution in [3.63, 3.8) is 0 Å². The Balaban J connectivity index is 1.53. The summed E-state index contributed by atoms with van der Waals surface area (Å²) >= 11 is 0. The molecule has 0 unspecified atom stereocenters. The Kier molecular flexibility index (Phi) is 3.37. The van der Waals surface area contributed by atoms with Crippen LogP contribution < -0.4 is 5.73 Å². The average Bonchev–Trinajstić information content (AvgIpc) is 3.17. The monoisotopic (exact) mass is 246 g/mol. The van der Waals surface area contributed by atoms with E-state index in [0.29, 0.717) is 0 Å². The minimum atomic E-state index is 0.00272. The first-order chi connectivity index (χ1) is 8.76. The standard InChI is InChI=1S/C15H22N2O/c16-15(6-7-15)14-3-1-13(2-4-14)5-8-17-9-11-18-12-10-17/h1-4H,5-12,16H2. The lowest BCUT2D eigenvalue weighted by atomic mass is 10.0. The molecule has 1 aliphatic heterocycles. The van der Waals surface area contributed by atoms with Gasteiger partial charge in [-0.05, 0) is 30.4 Å². The summed E-state index contributed by atoms with van der Waals surface area (Å²) in [4.78, 5) is 2.47. The normalized spacial score (nSPS) is 22.9. The number of hydrogen-bond donors (Lipinski definition) is 1. The first-order valence-corrected chi connectivity index (χ1v) is 6.95. The average molecular weight is 246 g/mol. The molecule has 2 N–H and O–H groups in total. The summed E-state index contributed by atoms with van der Waals surface area (Å²) in [5.74, 6) is 0. The highest BCUT2D eigenvalue weighted by molar-refractivity contribution is 5.32. The molecule has 1 saturated heterocycles. The third kappa shape index (κ3) is 2.74. The Morgan fingerprint density at radius 3 is 2.39 bits per heavy atom. The molecule has 2 fully saturated rings. The van der Waals surface area contributed by atoms with Gasteiger partial charge in [-0.3, -0.25) is 4.90 Å². The number of nitrogens with two attached hydrogens (primary N) is 1. The number of nitrogens with zero attached hydrogens (tertiary/aromatic N) is 1. The van der Waals surface area contributed by atoms with Crippen molar-refractivity contribution in [1.82, 2.24) is 4.90 Å². The van der Waals surface area contributed by atoms with E-state index >= 15 is 0 Å². The molecule has 0 radical (unpaired) electrons. The van der Waals surface area contributed by atoms with Gasteiger partial charge in [-0.15, -0.1) is 0 Å². The van der Waals surface area contributed by atoms with E-state index in [4.69, 9.17) is 10.5 Å². The van der Waals surface area contributed by atoms with Crippen molar-refractivity contribution in [3.8, 4) is 0 Å². The molecule has 0 spiro atoms. The van der Waals surface area contributed by atoms with E-state index in [1.807, 2.05) is 0 Å². The van der Waals surface area contributed by atoms with Crippen molar-refractivity contribution in [2.45, 2.75) is 24.8 Å². The van der Waals surface area contributed by atoms with E-state index < -0.39 is 0 Å². The first-order valence-electron chi connectivity index (χ1n) is 6.95. The van der Waals surface area contributed by atoms with Gasteiger partial charge in [0.2, 0.25) is 0 Å². The van der Waals surface area contributed by atoms with Crippen LogP contribution in [-0.2, 0) is 16.7 Å². The number of morpholine rings is 1. The summed E-state index contributed by atoms with van der Waals surface area (Å²) < 4.78 is 5.36. The molecular formula is C15H22N2O. The third-order valence-corrected chi connectivity index (χ3v) is 4.14. The van der Waals surface area contributed by atoms with Crippen LogP contribution in [0.2, 0.25) is 0 Å². The summed E-state index contributed by atoms with van der Waals surface area (Å²) in [6.07, 6.45) is 3.40. The van der Waals surface area contributed by atoms with Gasteiger partial charge in [0.05, 0.1) is 13.2 Å². The zero-order valence-electron chi connectivity index (χ0n) is 10.9. The molecule has 98 valence electrons. The van der Waals surface area contributed by atoms with Crippen LogP contribution in [0.15, 0.2) is 24.3 Å². The minimum Gasteiger partial charge on any atom is -0.379 e. The summed E-state index contributed by atoms with van der Waals surface area (Å²) in [5.41, 5.74) is 8.90. The Labute approximate surface area is 109 Å². The zero-order chi connectivity index (χ0) is 12.4. The maximum atomic E-state index is 6.19. The Bertz CT molecular complexity index is 391. The molecule has 2 aliphatic rings. The molecule has 0 bridgehead atoms. The lowest BCUT2D eigenvalue weighted by Crippen LogP contribution is -2.37. The second kappa shape index (κ2) is 5.00. The van der Waals surface area contributed by atoms with Gasteiger partial charge in [0, 0.05) is 25.2 Å². The molecule has 1 aliphatic carbocycles. The number of ether oxygens (including phenoxy) is 1. The smallest absolute Gasteiger partial charge is 0.0594 e. The van der Waals surface area contributed by atoms with Crippen molar-refractivity contribution in [2.75, 3.05) is 32.8 Å². The highest BCUT2D eigenvalue weighted by Gasteiger charge is 2.39. The molecule has 1 heterocycles. The van der Waals surface area contributed by atoms with Crippen molar-refractivity contribution in [3.05, 3.63) is 35.4 Å². The molecule has 0 amide bonds. The van der Waals surface area contributed by atoms with Crippen LogP contribution in [0.5, 0.6) is 0 Å². The Morgan fingerprint density at radius 1 is 1.11 bits per heavy atom. The molecule has 18 heavy (non-hydrogen) atoms. The lowest BCUT2D eigenvalue weighted by molar-refractivity contribution is 0.0384. The van der Waals surface area contributed by atoms with Gasteiger partial charge < -0.3 is 10.5 Å². The van der Waals surface area contributed by atoms with Gasteiger partial charge in [0.15, 0.2) is 0 Å². The van der Waals surface area contributed by atoms with Crippen LogP contribution in [0.25, 0.3) is 0 Å². The van der Waals surface area contributed by atoms with Gasteiger partial charge >= 0.3 is 0 Å². The van der Waals surface area contributed by atoms with Crippen LogP contribution in [0, 0.1) is 0 Å². The van der Waals surface area contributed by atoms with Gasteiger partial charge in [-0.1, -0.05) is 24.3 Å². The fourth-order valence-corrected chi connectivity index (χ4v) is 2.54. The quantitative estimate of drug-likeness (QED) is 0.875. The SMILES string of the molecule is NC1(c2ccc(CCN3CCOCC3)cc2)CC1. The summed E-state index contributed by atoms with van der Waals surface area (Å²) in [7, 11) is 0. The molecule has 1 aromatic rings. The van der Waals surface area contributed by atoms with Crippen molar-refractivity contribution < 1.29 is 4.74 Å². The second-order valence-electron chi connectivity index (χ2n) is 5.56. The predicted molar refractivity (Wildman–Crippen MR) is 72.5 cm³/mol. The van der Waals surface area contributed by atoms with Crippen LogP contribution in [0.4, 0.5) is 0 Å². The lowest BCUT2D eigenvalue weighted by Gasteiger charge is -2.26. The van der Waals surface area contributed by atoms with Crippen LogP contribution in [0.1, 0.15) is 24.0 Å². The topological polar surface area (TPSA) is 38.5 Å². The number of benzene rings is 1. The maximum absolute atomic E-state index is 6.19. The zero-order valence-corrected chi connectivity index (χ0v) is 10.9. The van der Waals surface area contributed by atoms with E-state index in [1.54, 1.807) is 0 Å². The number of hydrogen-bond acceptors (Lipinski definition) is 3. The fourth-order valence-electron chi connectivity index (χ4n) is 2.54. The third-order valence-electron chi connectivity index (χ3n) is 4.14. The fraction of sp³-hybridized carbons (Fsp3) is 0.600. The van der Waals surface area contributed by atoms with E-state index in [9.17, 15) is 0 Å². The van der Waals surface area contributed by atoms with Crippen molar-refractivity contribution in [1.29, 1.82) is 0 Å². The first kappa shape index (κ1) is 12.2. The highest BCUT2D eigenvalue weighted by atomic mass is 16.5. The minimum absolute atomic E-state index is 0.00272. The van der Waals surface area contributed by atoms with Gasteiger partial charge in [0.25, 0.3) is 0 Å². The predicted octanol–water partition coefficient (Wildman–Crippen LogP) is 1.51. The number of rotatable bonds is 4. The van der Waals surface area contributed by atoms with Crippen LogP contribution in [0.3, 0.4) is 0 Å². The Morgan fingerprint density at radius 2 is 1.78 bits per heavy atom. The molecule has 3 rings (SSSR count). The molecule has 0 atom stereocenters. The van der Waals surface area contributed by atoms with Crippen molar-refractivity contribution in [2.24, 2.45) is 5.73 Å². The molecule has 1 aromatic carbocycles. The van der Waals surface area contributed by atoms with E-state index in [1.165, 1.54) is 11.1 Å². The summed E-state index contributed by atoms with van der Waals surface area (Å²) in [5, 5.41) is 0. The molecule has 3 heteroatoms. The summed E-state index contributed by atoms with van der Waals surface area (Å²) in [6.45, 7) is 5.05. The maximum Gasteiger partial charge on any atom is 0.0594 e. The Hall–Kier alpha value is -0.900. The van der Waals surface area contributed by atoms with Gasteiger partial charge in [-0.25, -0.2) is 0 Å². The van der Waals surface area contributed by atoms with Crippen LogP contribution in [-0.4, -0.2) is 37.7 Å². The second-order valence-corrected chi connectivity index (χ2v) is 5.56. The van der Waals surface area contributed by atoms with E-state index in [0.717, 1.165) is 52.1 Å². The molecule has 3 nitrogen and oxygen atoms in total. The van der Waals surface area contributed by atoms with Crippen molar-refractivity contribution >= 4 is 0 Å². The summed E-state index contributed by atoms with van der Waals surface area (Å²) in [6, 6.07) is 8.90. The highest BCUT2D eigenvalue weighted by Crippen LogP contribution is 2.42. The molecule has 0 aromatic heterocycles. The largest absolute Gasteiger partial charge is 0.379 e. The van der Waals surface area contributed by atoms with Crippen LogP contribution >= 0.6 is 0 Å². The van der Waals surface area contributed by atoms with E-state index in [2.05, 4.69) is 29.2 Å². The van der Waals surface area contributed by atoms with Gasteiger partial charge in [-0.2, -0.15) is 0 Å².